The van der Waals surface area contributed by atoms with Crippen LogP contribution < -0.4 is 14.8 Å². The van der Waals surface area contributed by atoms with E-state index in [-0.39, 0.29) is 21.9 Å². The lowest BCUT2D eigenvalue weighted by Gasteiger charge is -2.12. The summed E-state index contributed by atoms with van der Waals surface area (Å²) in [6.07, 6.45) is 0. The quantitative estimate of drug-likeness (QED) is 0.542. The lowest BCUT2D eigenvalue weighted by molar-refractivity contribution is -0.0498. The average molecular weight is 450 g/mol. The number of alkyl halides is 2. The Morgan fingerprint density at radius 2 is 1.68 bits per heavy atom. The van der Waals surface area contributed by atoms with Crippen LogP contribution in [0.5, 0.6) is 5.75 Å². The second-order valence-corrected chi connectivity index (χ2v) is 8.10. The number of carbonyl (C=O) groups excluding carboxylic acids is 1. The van der Waals surface area contributed by atoms with Crippen LogP contribution in [0.15, 0.2) is 71.6 Å². The van der Waals surface area contributed by atoms with Gasteiger partial charge in [0.15, 0.2) is 0 Å². The molecule has 0 saturated carbocycles. The molecule has 0 spiro atoms. The average Bonchev–Trinajstić information content (AvgIpc) is 2.71. The third-order valence-electron chi connectivity index (χ3n) is 4.22. The first-order valence-corrected chi connectivity index (χ1v) is 10.4. The first-order chi connectivity index (χ1) is 14.7. The smallest absolute Gasteiger partial charge is 0.387 e. The molecule has 162 valence electrons. The fourth-order valence-electron chi connectivity index (χ4n) is 2.68. The van der Waals surface area contributed by atoms with Crippen LogP contribution in [-0.2, 0) is 10.0 Å². The second-order valence-electron chi connectivity index (χ2n) is 6.42. The number of aryl methyl sites for hydroxylation is 1. The predicted octanol–water partition coefficient (Wildman–Crippen LogP) is 4.79. The number of halogens is 3. The molecule has 0 aliphatic carbocycles. The summed E-state index contributed by atoms with van der Waals surface area (Å²) in [6, 6.07) is 14.5. The number of amides is 1. The molecule has 0 saturated heterocycles. The molecule has 10 heteroatoms. The molecule has 0 aromatic heterocycles. The SMILES string of the molecule is Cc1ccc(S(=O)(=O)Nc2ccccc2F)cc1C(=O)Nc1ccc(OC(F)F)cc1. The molecule has 3 aromatic rings. The van der Waals surface area contributed by atoms with Gasteiger partial charge in [-0.15, -0.1) is 0 Å². The molecule has 31 heavy (non-hydrogen) atoms. The molecule has 0 aliphatic heterocycles. The monoisotopic (exact) mass is 450 g/mol. The minimum absolute atomic E-state index is 0.0727. The standard InChI is InChI=1S/C21H17F3N2O4S/c1-13-6-11-16(31(28,29)26-19-5-3-2-4-18(19)22)12-17(13)20(27)25-14-7-9-15(10-8-14)30-21(23)24/h2-12,21,26H,1H3,(H,25,27). The minimum atomic E-state index is -4.16. The van der Waals surface area contributed by atoms with Crippen molar-refractivity contribution in [3.63, 3.8) is 0 Å². The highest BCUT2D eigenvalue weighted by Crippen LogP contribution is 2.23. The topological polar surface area (TPSA) is 84.5 Å². The molecule has 3 rings (SSSR count). The number of benzene rings is 3. The van der Waals surface area contributed by atoms with Crippen LogP contribution in [0.4, 0.5) is 24.5 Å². The molecule has 6 nitrogen and oxygen atoms in total. The van der Waals surface area contributed by atoms with Crippen molar-refractivity contribution in [1.82, 2.24) is 0 Å². The van der Waals surface area contributed by atoms with Gasteiger partial charge < -0.3 is 10.1 Å². The first-order valence-electron chi connectivity index (χ1n) is 8.90. The molecule has 1 amide bonds. The Kier molecular flexibility index (Phi) is 6.50. The van der Waals surface area contributed by atoms with Crippen molar-refractivity contribution in [2.24, 2.45) is 0 Å². The summed E-state index contributed by atoms with van der Waals surface area (Å²) in [5, 5.41) is 2.56. The molecule has 0 bridgehead atoms. The third-order valence-corrected chi connectivity index (χ3v) is 5.58. The van der Waals surface area contributed by atoms with E-state index in [1.807, 2.05) is 0 Å². The summed E-state index contributed by atoms with van der Waals surface area (Å²) in [7, 11) is -4.16. The normalized spacial score (nSPS) is 11.3. The number of hydrogen-bond donors (Lipinski definition) is 2. The Bertz CT molecular complexity index is 1200. The number of rotatable bonds is 7. The number of para-hydroxylation sites is 1. The maximum Gasteiger partial charge on any atom is 0.387 e. The Balaban J connectivity index is 1.81. The maximum absolute atomic E-state index is 13.8. The highest BCUT2D eigenvalue weighted by atomic mass is 32.2. The van der Waals surface area contributed by atoms with E-state index in [1.165, 1.54) is 60.7 Å². The molecule has 2 N–H and O–H groups in total. The molecule has 0 radical (unpaired) electrons. The fourth-order valence-corrected chi connectivity index (χ4v) is 3.77. The van der Waals surface area contributed by atoms with E-state index < -0.39 is 28.4 Å². The Morgan fingerprint density at radius 3 is 2.32 bits per heavy atom. The van der Waals surface area contributed by atoms with Crippen LogP contribution in [-0.4, -0.2) is 20.9 Å². The fraction of sp³-hybridized carbons (Fsp3) is 0.0952. The first kappa shape index (κ1) is 22.2. The second kappa shape index (κ2) is 9.09. The number of nitrogens with one attached hydrogen (secondary N) is 2. The number of anilines is 2. The molecular formula is C21H17F3N2O4S. The number of hydrogen-bond acceptors (Lipinski definition) is 4. The summed E-state index contributed by atoms with van der Waals surface area (Å²) >= 11 is 0. The van der Waals surface area contributed by atoms with Gasteiger partial charge in [0.1, 0.15) is 11.6 Å². The molecule has 0 atom stereocenters. The molecule has 0 fully saturated rings. The van der Waals surface area contributed by atoms with Gasteiger partial charge in [0.2, 0.25) is 0 Å². The van der Waals surface area contributed by atoms with E-state index in [2.05, 4.69) is 14.8 Å². The van der Waals surface area contributed by atoms with Crippen molar-refractivity contribution in [2.75, 3.05) is 10.0 Å². The zero-order valence-corrected chi connectivity index (χ0v) is 16.9. The van der Waals surface area contributed by atoms with Gasteiger partial charge in [-0.3, -0.25) is 9.52 Å². The van der Waals surface area contributed by atoms with Crippen LogP contribution in [0.3, 0.4) is 0 Å². The third kappa shape index (κ3) is 5.54. The lowest BCUT2D eigenvalue weighted by atomic mass is 10.1. The van der Waals surface area contributed by atoms with Gasteiger partial charge in [0.05, 0.1) is 10.6 Å². The van der Waals surface area contributed by atoms with Crippen LogP contribution in [0.25, 0.3) is 0 Å². The van der Waals surface area contributed by atoms with Gasteiger partial charge in [0.25, 0.3) is 15.9 Å². The van der Waals surface area contributed by atoms with E-state index in [4.69, 9.17) is 0 Å². The predicted molar refractivity (Wildman–Crippen MR) is 109 cm³/mol. The Morgan fingerprint density at radius 1 is 1.00 bits per heavy atom. The van der Waals surface area contributed by atoms with E-state index in [0.29, 0.717) is 11.3 Å². The zero-order chi connectivity index (χ0) is 22.6. The van der Waals surface area contributed by atoms with Gasteiger partial charge in [-0.2, -0.15) is 8.78 Å². The Labute approximate surface area is 176 Å². The molecule has 0 aliphatic rings. The van der Waals surface area contributed by atoms with E-state index in [9.17, 15) is 26.4 Å². The van der Waals surface area contributed by atoms with E-state index in [0.717, 1.165) is 6.07 Å². The van der Waals surface area contributed by atoms with Crippen LogP contribution in [0.2, 0.25) is 0 Å². The lowest BCUT2D eigenvalue weighted by Crippen LogP contribution is -2.17. The highest BCUT2D eigenvalue weighted by molar-refractivity contribution is 7.92. The van der Waals surface area contributed by atoms with Crippen molar-refractivity contribution in [2.45, 2.75) is 18.4 Å². The largest absolute Gasteiger partial charge is 0.435 e. The number of ether oxygens (including phenoxy) is 1. The summed E-state index contributed by atoms with van der Waals surface area (Å²) in [4.78, 5) is 12.4. The van der Waals surface area contributed by atoms with E-state index in [1.54, 1.807) is 6.92 Å². The van der Waals surface area contributed by atoms with Crippen molar-refractivity contribution in [1.29, 1.82) is 0 Å². The summed E-state index contributed by atoms with van der Waals surface area (Å²) in [5.74, 6) is -1.42. The summed E-state index contributed by atoms with van der Waals surface area (Å²) < 4.78 is 69.9. The van der Waals surface area contributed by atoms with Crippen LogP contribution >= 0.6 is 0 Å². The van der Waals surface area contributed by atoms with Crippen molar-refractivity contribution < 1.29 is 31.1 Å². The van der Waals surface area contributed by atoms with Gasteiger partial charge in [-0.1, -0.05) is 18.2 Å². The van der Waals surface area contributed by atoms with Crippen LogP contribution in [0, 0.1) is 12.7 Å². The highest BCUT2D eigenvalue weighted by Gasteiger charge is 2.19. The molecular weight excluding hydrogens is 433 g/mol. The number of carbonyl (C=O) groups is 1. The van der Waals surface area contributed by atoms with Gasteiger partial charge in [-0.05, 0) is 61.0 Å². The van der Waals surface area contributed by atoms with Crippen LogP contribution in [0.1, 0.15) is 15.9 Å². The zero-order valence-electron chi connectivity index (χ0n) is 16.1. The van der Waals surface area contributed by atoms with Gasteiger partial charge in [0, 0.05) is 11.3 Å². The molecule has 3 aromatic carbocycles. The van der Waals surface area contributed by atoms with Crippen molar-refractivity contribution in [3.05, 3.63) is 83.7 Å². The summed E-state index contributed by atoms with van der Waals surface area (Å²) in [5.41, 5.74) is 0.647. The van der Waals surface area contributed by atoms with Crippen molar-refractivity contribution >= 4 is 27.3 Å². The van der Waals surface area contributed by atoms with E-state index >= 15 is 0 Å². The van der Waals surface area contributed by atoms with Gasteiger partial charge in [-0.25, -0.2) is 12.8 Å². The minimum Gasteiger partial charge on any atom is -0.435 e. The number of sulfonamides is 1. The molecule has 0 heterocycles. The Hall–Kier alpha value is -3.53. The summed E-state index contributed by atoms with van der Waals surface area (Å²) in [6.45, 7) is -1.35. The molecule has 0 unspecified atom stereocenters. The van der Waals surface area contributed by atoms with Gasteiger partial charge >= 0.3 is 6.61 Å². The van der Waals surface area contributed by atoms with Crippen molar-refractivity contribution in [3.8, 4) is 5.75 Å². The maximum atomic E-state index is 13.8.